The van der Waals surface area contributed by atoms with E-state index in [4.69, 9.17) is 0 Å². The summed E-state index contributed by atoms with van der Waals surface area (Å²) >= 11 is 1.96. The Morgan fingerprint density at radius 3 is 2.59 bits per heavy atom. The summed E-state index contributed by atoms with van der Waals surface area (Å²) in [5, 5.41) is 3.51. The fourth-order valence-electron chi connectivity index (χ4n) is 1.88. The summed E-state index contributed by atoms with van der Waals surface area (Å²) in [6, 6.07) is 1.97. The van der Waals surface area contributed by atoms with Crippen LogP contribution in [0.15, 0.2) is 12.3 Å². The summed E-state index contributed by atoms with van der Waals surface area (Å²) < 4.78 is 0.363. The Morgan fingerprint density at radius 2 is 2.06 bits per heavy atom. The highest BCUT2D eigenvalue weighted by molar-refractivity contribution is 8.00. The molecule has 0 amide bonds. The van der Waals surface area contributed by atoms with Crippen LogP contribution in [-0.4, -0.2) is 27.5 Å². The van der Waals surface area contributed by atoms with E-state index in [1.165, 1.54) is 12.8 Å². The lowest BCUT2D eigenvalue weighted by Crippen LogP contribution is -2.36. The smallest absolute Gasteiger partial charge is 0.125 e. The molecule has 0 spiro atoms. The number of nitrogens with one attached hydrogen (secondary N) is 1. The first-order chi connectivity index (χ1) is 8.15. The Hall–Kier alpha value is -0.610. The zero-order valence-corrected chi connectivity index (χ0v) is 12.1. The predicted molar refractivity (Wildman–Crippen MR) is 75.3 cm³/mol. The lowest BCUT2D eigenvalue weighted by Gasteiger charge is -2.29. The van der Waals surface area contributed by atoms with Gasteiger partial charge in [-0.2, -0.15) is 11.8 Å². The number of hydrogen-bond acceptors (Lipinski definition) is 4. The highest BCUT2D eigenvalue weighted by Crippen LogP contribution is 2.29. The topological polar surface area (TPSA) is 37.8 Å². The second-order valence-electron chi connectivity index (χ2n) is 4.29. The van der Waals surface area contributed by atoms with Crippen molar-refractivity contribution < 1.29 is 0 Å². The Kier molecular flexibility index (Phi) is 5.92. The van der Waals surface area contributed by atoms with Crippen molar-refractivity contribution in [3.8, 4) is 0 Å². The van der Waals surface area contributed by atoms with E-state index in [-0.39, 0.29) is 0 Å². The van der Waals surface area contributed by atoms with Gasteiger partial charge in [-0.3, -0.25) is 0 Å². The minimum atomic E-state index is 0.363. The zero-order chi connectivity index (χ0) is 12.7. The lowest BCUT2D eigenvalue weighted by molar-refractivity contribution is 0.492. The SMILES string of the molecule is CCC(CC)(CNCc1ccnc(C)n1)SC. The van der Waals surface area contributed by atoms with E-state index < -0.39 is 0 Å². The van der Waals surface area contributed by atoms with Crippen LogP contribution in [-0.2, 0) is 6.54 Å². The maximum atomic E-state index is 4.39. The van der Waals surface area contributed by atoms with Gasteiger partial charge in [0.2, 0.25) is 0 Å². The molecule has 1 rings (SSSR count). The van der Waals surface area contributed by atoms with Gasteiger partial charge >= 0.3 is 0 Å². The normalized spacial score (nSPS) is 11.8. The summed E-state index contributed by atoms with van der Waals surface area (Å²) in [4.78, 5) is 8.49. The number of aryl methyl sites for hydroxylation is 1. The molecule has 17 heavy (non-hydrogen) atoms. The van der Waals surface area contributed by atoms with Crippen LogP contribution in [0, 0.1) is 6.92 Å². The number of rotatable bonds is 7. The van der Waals surface area contributed by atoms with Crippen molar-refractivity contribution in [3.05, 3.63) is 23.8 Å². The molecule has 0 saturated heterocycles. The van der Waals surface area contributed by atoms with E-state index in [2.05, 4.69) is 35.4 Å². The minimum Gasteiger partial charge on any atom is -0.310 e. The van der Waals surface area contributed by atoms with E-state index >= 15 is 0 Å². The fourth-order valence-corrected chi connectivity index (χ4v) is 2.71. The van der Waals surface area contributed by atoms with Crippen molar-refractivity contribution in [2.75, 3.05) is 12.8 Å². The number of nitrogens with zero attached hydrogens (tertiary/aromatic N) is 2. The predicted octanol–water partition coefficient (Wildman–Crippen LogP) is 2.80. The lowest BCUT2D eigenvalue weighted by atomic mass is 10.0. The third-order valence-electron chi connectivity index (χ3n) is 3.31. The second-order valence-corrected chi connectivity index (χ2v) is 5.57. The number of aromatic nitrogens is 2. The summed E-state index contributed by atoms with van der Waals surface area (Å²) in [5.74, 6) is 0.839. The molecule has 0 aliphatic rings. The van der Waals surface area contributed by atoms with Crippen LogP contribution >= 0.6 is 11.8 Å². The monoisotopic (exact) mass is 253 g/mol. The molecule has 96 valence electrons. The molecule has 1 aromatic heterocycles. The van der Waals surface area contributed by atoms with Crippen LogP contribution in [0.25, 0.3) is 0 Å². The van der Waals surface area contributed by atoms with Crippen LogP contribution in [0.2, 0.25) is 0 Å². The van der Waals surface area contributed by atoms with Gasteiger partial charge < -0.3 is 5.32 Å². The van der Waals surface area contributed by atoms with Gasteiger partial charge in [-0.1, -0.05) is 13.8 Å². The Morgan fingerprint density at radius 1 is 1.35 bits per heavy atom. The quantitative estimate of drug-likeness (QED) is 0.811. The molecule has 1 heterocycles. The summed E-state index contributed by atoms with van der Waals surface area (Å²) in [5.41, 5.74) is 1.07. The minimum absolute atomic E-state index is 0.363. The molecular formula is C13H23N3S. The Labute approximate surface area is 109 Å². The zero-order valence-electron chi connectivity index (χ0n) is 11.3. The van der Waals surface area contributed by atoms with Crippen molar-refractivity contribution in [1.82, 2.24) is 15.3 Å². The highest BCUT2D eigenvalue weighted by Gasteiger charge is 2.23. The third-order valence-corrected chi connectivity index (χ3v) is 4.90. The molecule has 0 radical (unpaired) electrons. The van der Waals surface area contributed by atoms with Gasteiger partial charge in [0, 0.05) is 24.0 Å². The van der Waals surface area contributed by atoms with Gasteiger partial charge in [-0.25, -0.2) is 9.97 Å². The molecular weight excluding hydrogens is 230 g/mol. The summed E-state index contributed by atoms with van der Waals surface area (Å²) in [6.07, 6.45) is 6.41. The van der Waals surface area contributed by atoms with Gasteiger partial charge in [0.1, 0.15) is 5.82 Å². The maximum absolute atomic E-state index is 4.39. The molecule has 0 aromatic carbocycles. The Bertz CT molecular complexity index is 329. The molecule has 1 N–H and O–H groups in total. The average Bonchev–Trinajstić information content (AvgIpc) is 2.35. The van der Waals surface area contributed by atoms with Crippen molar-refractivity contribution in [3.63, 3.8) is 0 Å². The van der Waals surface area contributed by atoms with E-state index in [1.54, 1.807) is 0 Å². The largest absolute Gasteiger partial charge is 0.310 e. The van der Waals surface area contributed by atoms with E-state index in [0.717, 1.165) is 24.6 Å². The van der Waals surface area contributed by atoms with Gasteiger partial charge in [0.05, 0.1) is 5.69 Å². The first-order valence-electron chi connectivity index (χ1n) is 6.20. The van der Waals surface area contributed by atoms with E-state index in [0.29, 0.717) is 4.75 Å². The molecule has 4 heteroatoms. The van der Waals surface area contributed by atoms with Crippen LogP contribution < -0.4 is 5.32 Å². The number of hydrogen-bond donors (Lipinski definition) is 1. The van der Waals surface area contributed by atoms with E-state index in [1.807, 2.05) is 30.9 Å². The van der Waals surface area contributed by atoms with Gasteiger partial charge in [0.25, 0.3) is 0 Å². The molecule has 0 aliphatic carbocycles. The third kappa shape index (κ3) is 4.28. The van der Waals surface area contributed by atoms with Crippen molar-refractivity contribution in [2.24, 2.45) is 0 Å². The van der Waals surface area contributed by atoms with Crippen molar-refractivity contribution >= 4 is 11.8 Å². The second kappa shape index (κ2) is 6.97. The first-order valence-corrected chi connectivity index (χ1v) is 7.42. The molecule has 0 atom stereocenters. The van der Waals surface area contributed by atoms with Crippen molar-refractivity contribution in [1.29, 1.82) is 0 Å². The molecule has 0 aliphatic heterocycles. The molecule has 0 unspecified atom stereocenters. The van der Waals surface area contributed by atoms with Crippen LogP contribution in [0.5, 0.6) is 0 Å². The molecule has 0 bridgehead atoms. The highest BCUT2D eigenvalue weighted by atomic mass is 32.2. The van der Waals surface area contributed by atoms with Gasteiger partial charge in [-0.15, -0.1) is 0 Å². The number of thioether (sulfide) groups is 1. The fraction of sp³-hybridized carbons (Fsp3) is 0.692. The van der Waals surface area contributed by atoms with Gasteiger partial charge in [-0.05, 0) is 32.1 Å². The van der Waals surface area contributed by atoms with E-state index in [9.17, 15) is 0 Å². The first kappa shape index (κ1) is 14.5. The van der Waals surface area contributed by atoms with Gasteiger partial charge in [0.15, 0.2) is 0 Å². The van der Waals surface area contributed by atoms with Crippen LogP contribution in [0.3, 0.4) is 0 Å². The maximum Gasteiger partial charge on any atom is 0.125 e. The standard InChI is InChI=1S/C13H23N3S/c1-5-13(6-2,17-4)10-14-9-12-7-8-15-11(3)16-12/h7-8,14H,5-6,9-10H2,1-4H3. The van der Waals surface area contributed by atoms with Crippen molar-refractivity contribution in [2.45, 2.75) is 44.9 Å². The Balaban J connectivity index is 2.46. The van der Waals surface area contributed by atoms with Crippen LogP contribution in [0.1, 0.15) is 38.2 Å². The average molecular weight is 253 g/mol. The summed E-state index contributed by atoms with van der Waals surface area (Å²) in [6.45, 7) is 8.30. The van der Waals surface area contributed by atoms with Crippen LogP contribution in [0.4, 0.5) is 0 Å². The molecule has 0 saturated carbocycles. The molecule has 3 nitrogen and oxygen atoms in total. The molecule has 0 fully saturated rings. The molecule has 1 aromatic rings. The summed E-state index contributed by atoms with van der Waals surface area (Å²) in [7, 11) is 0.